The molecule has 110 valence electrons. The number of rotatable bonds is 5. The van der Waals surface area contributed by atoms with Gasteiger partial charge in [0.05, 0.1) is 0 Å². The van der Waals surface area contributed by atoms with E-state index in [0.717, 1.165) is 6.54 Å². The average molecular weight is 290 g/mol. The van der Waals surface area contributed by atoms with E-state index in [1.165, 1.54) is 20.5 Å². The van der Waals surface area contributed by atoms with Crippen LogP contribution >= 0.6 is 11.3 Å². The molecule has 1 aromatic carbocycles. The molecule has 0 radical (unpaired) electrons. The van der Waals surface area contributed by atoms with E-state index in [1.807, 2.05) is 11.3 Å². The van der Waals surface area contributed by atoms with Gasteiger partial charge in [0.15, 0.2) is 0 Å². The van der Waals surface area contributed by atoms with Gasteiger partial charge in [-0.3, -0.25) is 0 Å². The van der Waals surface area contributed by atoms with Crippen LogP contribution < -0.4 is 5.32 Å². The first-order valence-electron chi connectivity index (χ1n) is 7.22. The first-order chi connectivity index (χ1) is 9.33. The van der Waals surface area contributed by atoms with Crippen LogP contribution in [0.1, 0.15) is 37.3 Å². The Bertz CT molecular complexity index is 584. The van der Waals surface area contributed by atoms with Gasteiger partial charge in [-0.05, 0) is 58.8 Å². The number of benzene rings is 1. The molecule has 2 aromatic rings. The molecule has 0 aliphatic heterocycles. The van der Waals surface area contributed by atoms with Crippen molar-refractivity contribution in [1.29, 1.82) is 0 Å². The van der Waals surface area contributed by atoms with E-state index in [1.54, 1.807) is 0 Å². The minimum absolute atomic E-state index is 0.166. The second-order valence-corrected chi connectivity index (χ2v) is 7.48. The lowest BCUT2D eigenvalue weighted by molar-refractivity contribution is 0.185. The quantitative estimate of drug-likeness (QED) is 0.888. The van der Waals surface area contributed by atoms with Crippen molar-refractivity contribution in [2.45, 2.75) is 39.3 Å². The summed E-state index contributed by atoms with van der Waals surface area (Å²) in [5.41, 5.74) is 1.59. The van der Waals surface area contributed by atoms with Gasteiger partial charge in [0.25, 0.3) is 0 Å². The van der Waals surface area contributed by atoms with Crippen LogP contribution in [0.5, 0.6) is 0 Å². The summed E-state index contributed by atoms with van der Waals surface area (Å²) >= 11 is 1.91. The summed E-state index contributed by atoms with van der Waals surface area (Å²) in [5.74, 6) is 0. The summed E-state index contributed by atoms with van der Waals surface area (Å²) in [7, 11) is 4.27. The Morgan fingerprint density at radius 3 is 2.50 bits per heavy atom. The van der Waals surface area contributed by atoms with Crippen molar-refractivity contribution in [3.05, 3.63) is 34.7 Å². The molecule has 0 aliphatic rings. The lowest BCUT2D eigenvalue weighted by Gasteiger charge is -2.34. The van der Waals surface area contributed by atoms with Crippen LogP contribution in [0.3, 0.4) is 0 Å². The van der Waals surface area contributed by atoms with Crippen LogP contribution in [0.4, 0.5) is 0 Å². The van der Waals surface area contributed by atoms with Crippen molar-refractivity contribution in [2.75, 3.05) is 20.6 Å². The number of nitrogens with zero attached hydrogens (tertiary/aromatic N) is 1. The van der Waals surface area contributed by atoms with Crippen molar-refractivity contribution in [3.63, 3.8) is 0 Å². The maximum absolute atomic E-state index is 3.69. The van der Waals surface area contributed by atoms with Crippen molar-refractivity contribution in [2.24, 2.45) is 0 Å². The number of thiophene rings is 1. The number of likely N-dealkylation sites (N-methyl/N-ethyl adjacent to an activating group) is 1. The van der Waals surface area contributed by atoms with Gasteiger partial charge < -0.3 is 10.2 Å². The van der Waals surface area contributed by atoms with Gasteiger partial charge in [0.2, 0.25) is 0 Å². The van der Waals surface area contributed by atoms with E-state index in [2.05, 4.69) is 76.3 Å². The maximum Gasteiger partial charge on any atom is 0.0389 e. The molecule has 0 saturated carbocycles. The SMILES string of the molecule is Cc1c(C(C)NCC(C)(C)N(C)C)sc2ccccc12. The van der Waals surface area contributed by atoms with Crippen molar-refractivity contribution in [3.8, 4) is 0 Å². The number of hydrogen-bond donors (Lipinski definition) is 1. The van der Waals surface area contributed by atoms with Crippen molar-refractivity contribution < 1.29 is 0 Å². The van der Waals surface area contributed by atoms with Crippen LogP contribution in [0.25, 0.3) is 10.1 Å². The molecule has 2 rings (SSSR count). The summed E-state index contributed by atoms with van der Waals surface area (Å²) in [6, 6.07) is 9.08. The molecule has 1 N–H and O–H groups in total. The van der Waals surface area contributed by atoms with Gasteiger partial charge in [-0.2, -0.15) is 0 Å². The molecule has 0 aliphatic carbocycles. The van der Waals surface area contributed by atoms with Crippen LogP contribution in [0.2, 0.25) is 0 Å². The fourth-order valence-corrected chi connectivity index (χ4v) is 3.50. The van der Waals surface area contributed by atoms with E-state index in [9.17, 15) is 0 Å². The first-order valence-corrected chi connectivity index (χ1v) is 8.03. The van der Waals surface area contributed by atoms with Crippen LogP contribution in [0.15, 0.2) is 24.3 Å². The molecule has 0 saturated heterocycles. The second kappa shape index (κ2) is 5.84. The second-order valence-electron chi connectivity index (χ2n) is 6.40. The van der Waals surface area contributed by atoms with Gasteiger partial charge in [-0.25, -0.2) is 0 Å². The Kier molecular flexibility index (Phi) is 4.52. The maximum atomic E-state index is 3.69. The van der Waals surface area contributed by atoms with Crippen molar-refractivity contribution in [1.82, 2.24) is 10.2 Å². The van der Waals surface area contributed by atoms with Crippen LogP contribution in [-0.4, -0.2) is 31.1 Å². The fourth-order valence-electron chi connectivity index (χ4n) is 2.26. The number of aryl methyl sites for hydroxylation is 1. The Morgan fingerprint density at radius 2 is 1.90 bits per heavy atom. The zero-order valence-corrected chi connectivity index (χ0v) is 14.3. The normalized spacial score (nSPS) is 14.2. The van der Waals surface area contributed by atoms with E-state index in [0.29, 0.717) is 6.04 Å². The molecular weight excluding hydrogens is 264 g/mol. The van der Waals surface area contributed by atoms with Gasteiger partial charge in [-0.1, -0.05) is 18.2 Å². The third-order valence-corrected chi connectivity index (χ3v) is 5.78. The monoisotopic (exact) mass is 290 g/mol. The lowest BCUT2D eigenvalue weighted by Crippen LogP contribution is -2.47. The molecule has 1 atom stereocenters. The van der Waals surface area contributed by atoms with E-state index >= 15 is 0 Å². The molecule has 1 heterocycles. The molecule has 0 amide bonds. The van der Waals surface area contributed by atoms with Crippen molar-refractivity contribution >= 4 is 21.4 Å². The molecular formula is C17H26N2S. The smallest absolute Gasteiger partial charge is 0.0389 e. The third kappa shape index (κ3) is 3.05. The van der Waals surface area contributed by atoms with E-state index in [-0.39, 0.29) is 5.54 Å². The topological polar surface area (TPSA) is 15.3 Å². The molecule has 0 bridgehead atoms. The summed E-state index contributed by atoms with van der Waals surface area (Å²) in [6.45, 7) is 10.0. The largest absolute Gasteiger partial charge is 0.308 e. The lowest BCUT2D eigenvalue weighted by atomic mass is 10.0. The van der Waals surface area contributed by atoms with Gasteiger partial charge in [-0.15, -0.1) is 11.3 Å². The third-order valence-electron chi connectivity index (χ3n) is 4.33. The van der Waals surface area contributed by atoms with Crippen LogP contribution in [0, 0.1) is 6.92 Å². The van der Waals surface area contributed by atoms with Gasteiger partial charge in [0.1, 0.15) is 0 Å². The van der Waals surface area contributed by atoms with E-state index in [4.69, 9.17) is 0 Å². The summed E-state index contributed by atoms with van der Waals surface area (Å²) in [5, 5.41) is 5.09. The standard InChI is InChI=1S/C17H26N2S/c1-12-14-9-7-8-10-15(14)20-16(12)13(2)18-11-17(3,4)19(5)6/h7-10,13,18H,11H2,1-6H3. The zero-order chi connectivity index (χ0) is 14.9. The zero-order valence-electron chi connectivity index (χ0n) is 13.4. The highest BCUT2D eigenvalue weighted by atomic mass is 32.1. The highest BCUT2D eigenvalue weighted by Crippen LogP contribution is 2.34. The van der Waals surface area contributed by atoms with Gasteiger partial charge >= 0.3 is 0 Å². The predicted molar refractivity (Wildman–Crippen MR) is 90.7 cm³/mol. The number of hydrogen-bond acceptors (Lipinski definition) is 3. The molecule has 20 heavy (non-hydrogen) atoms. The predicted octanol–water partition coefficient (Wildman–Crippen LogP) is 4.20. The first kappa shape index (κ1) is 15.5. The Hall–Kier alpha value is -0.900. The number of fused-ring (bicyclic) bond motifs is 1. The minimum Gasteiger partial charge on any atom is -0.308 e. The van der Waals surface area contributed by atoms with E-state index < -0.39 is 0 Å². The minimum atomic E-state index is 0.166. The molecule has 1 aromatic heterocycles. The Labute approximate surface area is 126 Å². The number of nitrogens with one attached hydrogen (secondary N) is 1. The Balaban J connectivity index is 2.16. The fraction of sp³-hybridized carbons (Fsp3) is 0.529. The Morgan fingerprint density at radius 1 is 1.25 bits per heavy atom. The summed E-state index contributed by atoms with van der Waals surface area (Å²) < 4.78 is 1.39. The summed E-state index contributed by atoms with van der Waals surface area (Å²) in [4.78, 5) is 3.73. The summed E-state index contributed by atoms with van der Waals surface area (Å²) in [6.07, 6.45) is 0. The highest BCUT2D eigenvalue weighted by Gasteiger charge is 2.22. The molecule has 2 nitrogen and oxygen atoms in total. The molecule has 0 spiro atoms. The molecule has 3 heteroatoms. The molecule has 0 fully saturated rings. The van der Waals surface area contributed by atoms with Gasteiger partial charge in [0, 0.05) is 27.7 Å². The molecule has 1 unspecified atom stereocenters. The van der Waals surface area contributed by atoms with Crippen LogP contribution in [-0.2, 0) is 0 Å². The average Bonchev–Trinajstić information content (AvgIpc) is 2.74. The highest BCUT2D eigenvalue weighted by molar-refractivity contribution is 7.19.